The van der Waals surface area contributed by atoms with Crippen molar-refractivity contribution in [2.24, 2.45) is 0 Å². The van der Waals surface area contributed by atoms with Crippen molar-refractivity contribution in [2.45, 2.75) is 20.0 Å². The van der Waals surface area contributed by atoms with E-state index in [1.54, 1.807) is 0 Å². The molecule has 98 valence electrons. The summed E-state index contributed by atoms with van der Waals surface area (Å²) in [5.41, 5.74) is 4.74. The fraction of sp³-hybridized carbons (Fsp3) is 0.250. The van der Waals surface area contributed by atoms with Crippen LogP contribution in [0.2, 0.25) is 5.02 Å². The molecule has 1 unspecified atom stereocenters. The maximum atomic E-state index is 6.07. The van der Waals surface area contributed by atoms with Crippen LogP contribution in [-0.4, -0.2) is 6.54 Å². The number of nitrogens with one attached hydrogen (secondary N) is 1. The Morgan fingerprint density at radius 2 is 2.00 bits per heavy atom. The third-order valence-electron chi connectivity index (χ3n) is 3.46. The number of hydrogen-bond donors (Lipinski definition) is 1. The van der Waals surface area contributed by atoms with Gasteiger partial charge in [-0.1, -0.05) is 35.4 Å². The van der Waals surface area contributed by atoms with Gasteiger partial charge in [0.1, 0.15) is 11.9 Å². The third-order valence-corrected chi connectivity index (χ3v) is 3.70. The van der Waals surface area contributed by atoms with E-state index in [2.05, 4.69) is 37.4 Å². The average molecular weight is 274 g/mol. The first kappa shape index (κ1) is 12.4. The van der Waals surface area contributed by atoms with Gasteiger partial charge in [-0.15, -0.1) is 0 Å². The zero-order valence-electron chi connectivity index (χ0n) is 11.0. The molecule has 1 N–H and O–H groups in total. The highest BCUT2D eigenvalue weighted by Crippen LogP contribution is 2.36. The Labute approximate surface area is 118 Å². The minimum Gasteiger partial charge on any atom is -0.482 e. The van der Waals surface area contributed by atoms with E-state index in [1.807, 2.05) is 18.2 Å². The Bertz CT molecular complexity index is 624. The average Bonchev–Trinajstić information content (AvgIpc) is 2.38. The van der Waals surface area contributed by atoms with Gasteiger partial charge in [-0.3, -0.25) is 0 Å². The van der Waals surface area contributed by atoms with E-state index in [4.69, 9.17) is 16.3 Å². The molecule has 0 radical (unpaired) electrons. The van der Waals surface area contributed by atoms with Crippen LogP contribution < -0.4 is 10.1 Å². The first-order valence-corrected chi connectivity index (χ1v) is 6.78. The molecule has 0 aliphatic carbocycles. The molecule has 1 aliphatic rings. The second-order valence-corrected chi connectivity index (χ2v) is 5.42. The third kappa shape index (κ3) is 2.41. The van der Waals surface area contributed by atoms with Gasteiger partial charge in [-0.2, -0.15) is 0 Å². The summed E-state index contributed by atoms with van der Waals surface area (Å²) < 4.78 is 6.07. The SMILES string of the molecule is Cc1ccc(C2CNc3cc(Cl)ccc3O2)c(C)c1. The zero-order valence-corrected chi connectivity index (χ0v) is 11.8. The number of halogens is 1. The van der Waals surface area contributed by atoms with Crippen LogP contribution in [0.25, 0.3) is 0 Å². The largest absolute Gasteiger partial charge is 0.482 e. The molecule has 0 saturated carbocycles. The molecule has 0 bridgehead atoms. The van der Waals surface area contributed by atoms with Gasteiger partial charge in [0, 0.05) is 5.02 Å². The molecule has 0 amide bonds. The molecule has 2 aromatic carbocycles. The molecule has 0 saturated heterocycles. The lowest BCUT2D eigenvalue weighted by Crippen LogP contribution is -2.24. The van der Waals surface area contributed by atoms with Gasteiger partial charge < -0.3 is 10.1 Å². The Balaban J connectivity index is 1.91. The Morgan fingerprint density at radius 1 is 1.16 bits per heavy atom. The van der Waals surface area contributed by atoms with Crippen molar-refractivity contribution >= 4 is 17.3 Å². The van der Waals surface area contributed by atoms with E-state index in [-0.39, 0.29) is 6.10 Å². The number of anilines is 1. The summed E-state index contributed by atoms with van der Waals surface area (Å²) >= 11 is 5.98. The summed E-state index contributed by atoms with van der Waals surface area (Å²) in [6.07, 6.45) is 0.0503. The van der Waals surface area contributed by atoms with Gasteiger partial charge in [0.25, 0.3) is 0 Å². The van der Waals surface area contributed by atoms with Crippen molar-refractivity contribution in [3.05, 3.63) is 58.1 Å². The van der Waals surface area contributed by atoms with Crippen molar-refractivity contribution < 1.29 is 4.74 Å². The molecule has 0 aromatic heterocycles. The maximum Gasteiger partial charge on any atom is 0.143 e. The lowest BCUT2D eigenvalue weighted by molar-refractivity contribution is 0.210. The number of hydrogen-bond acceptors (Lipinski definition) is 2. The molecule has 19 heavy (non-hydrogen) atoms. The van der Waals surface area contributed by atoms with Crippen molar-refractivity contribution in [2.75, 3.05) is 11.9 Å². The Morgan fingerprint density at radius 3 is 2.79 bits per heavy atom. The first-order chi connectivity index (χ1) is 9.13. The number of aryl methyl sites for hydroxylation is 2. The van der Waals surface area contributed by atoms with Gasteiger partial charge in [-0.25, -0.2) is 0 Å². The van der Waals surface area contributed by atoms with Gasteiger partial charge >= 0.3 is 0 Å². The summed E-state index contributed by atoms with van der Waals surface area (Å²) in [5, 5.41) is 4.11. The summed E-state index contributed by atoms with van der Waals surface area (Å²) in [6.45, 7) is 4.99. The van der Waals surface area contributed by atoms with E-state index < -0.39 is 0 Å². The van der Waals surface area contributed by atoms with Crippen LogP contribution in [0.4, 0.5) is 5.69 Å². The van der Waals surface area contributed by atoms with E-state index >= 15 is 0 Å². The lowest BCUT2D eigenvalue weighted by atomic mass is 10.00. The predicted molar refractivity (Wildman–Crippen MR) is 79.2 cm³/mol. The maximum absolute atomic E-state index is 6.07. The van der Waals surface area contributed by atoms with E-state index in [0.717, 1.165) is 23.0 Å². The van der Waals surface area contributed by atoms with Crippen LogP contribution in [0, 0.1) is 13.8 Å². The molecular weight excluding hydrogens is 258 g/mol. The van der Waals surface area contributed by atoms with Crippen LogP contribution in [0.15, 0.2) is 36.4 Å². The molecule has 0 spiro atoms. The highest BCUT2D eigenvalue weighted by molar-refractivity contribution is 6.30. The van der Waals surface area contributed by atoms with Gasteiger partial charge in [0.15, 0.2) is 0 Å². The molecule has 1 atom stereocenters. The van der Waals surface area contributed by atoms with Crippen molar-refractivity contribution in [3.63, 3.8) is 0 Å². The van der Waals surface area contributed by atoms with E-state index in [1.165, 1.54) is 16.7 Å². The minimum atomic E-state index is 0.0503. The van der Waals surface area contributed by atoms with Crippen LogP contribution in [0.5, 0.6) is 5.75 Å². The molecular formula is C16H16ClNO. The Hall–Kier alpha value is -1.67. The van der Waals surface area contributed by atoms with Crippen LogP contribution in [0.3, 0.4) is 0 Å². The van der Waals surface area contributed by atoms with Gasteiger partial charge in [-0.05, 0) is 43.2 Å². The number of fused-ring (bicyclic) bond motifs is 1. The topological polar surface area (TPSA) is 21.3 Å². The first-order valence-electron chi connectivity index (χ1n) is 6.41. The normalized spacial score (nSPS) is 17.3. The molecule has 1 aliphatic heterocycles. The molecule has 1 heterocycles. The molecule has 2 nitrogen and oxygen atoms in total. The monoisotopic (exact) mass is 273 g/mol. The van der Waals surface area contributed by atoms with Crippen molar-refractivity contribution in [1.29, 1.82) is 0 Å². The lowest BCUT2D eigenvalue weighted by Gasteiger charge is -2.28. The second kappa shape index (κ2) is 4.78. The van der Waals surface area contributed by atoms with Crippen molar-refractivity contribution in [1.82, 2.24) is 0 Å². The zero-order chi connectivity index (χ0) is 13.4. The summed E-state index contributed by atoms with van der Waals surface area (Å²) in [5.74, 6) is 0.862. The molecule has 0 fully saturated rings. The summed E-state index contributed by atoms with van der Waals surface area (Å²) in [6, 6.07) is 12.1. The van der Waals surface area contributed by atoms with Crippen LogP contribution >= 0.6 is 11.6 Å². The molecule has 3 heteroatoms. The van der Waals surface area contributed by atoms with Crippen LogP contribution in [-0.2, 0) is 0 Å². The van der Waals surface area contributed by atoms with Gasteiger partial charge in [0.05, 0.1) is 12.2 Å². The second-order valence-electron chi connectivity index (χ2n) is 4.99. The summed E-state index contributed by atoms with van der Waals surface area (Å²) in [4.78, 5) is 0. The molecule has 3 rings (SSSR count). The standard InChI is InChI=1S/C16H16ClNO/c1-10-3-5-13(11(2)7-10)16-9-18-14-8-12(17)4-6-15(14)19-16/h3-8,16,18H,9H2,1-2H3. The highest BCUT2D eigenvalue weighted by Gasteiger charge is 2.22. The minimum absolute atomic E-state index is 0.0503. The molecule has 2 aromatic rings. The number of ether oxygens (including phenoxy) is 1. The highest BCUT2D eigenvalue weighted by atomic mass is 35.5. The quantitative estimate of drug-likeness (QED) is 0.826. The number of benzene rings is 2. The van der Waals surface area contributed by atoms with E-state index in [0.29, 0.717) is 0 Å². The van der Waals surface area contributed by atoms with Crippen LogP contribution in [0.1, 0.15) is 22.8 Å². The Kier molecular flexibility index (Phi) is 3.11. The van der Waals surface area contributed by atoms with Crippen molar-refractivity contribution in [3.8, 4) is 5.75 Å². The fourth-order valence-corrected chi connectivity index (χ4v) is 2.67. The van der Waals surface area contributed by atoms with Gasteiger partial charge in [0.2, 0.25) is 0 Å². The number of rotatable bonds is 1. The predicted octanol–water partition coefficient (Wildman–Crippen LogP) is 4.50. The smallest absolute Gasteiger partial charge is 0.143 e. The van der Waals surface area contributed by atoms with E-state index in [9.17, 15) is 0 Å². The summed E-state index contributed by atoms with van der Waals surface area (Å²) in [7, 11) is 0. The fourth-order valence-electron chi connectivity index (χ4n) is 2.50.